The molecule has 0 saturated heterocycles. The van der Waals surface area contributed by atoms with Crippen molar-refractivity contribution < 1.29 is 12.8 Å². The van der Waals surface area contributed by atoms with Crippen LogP contribution in [0, 0.1) is 12.7 Å². The molecule has 0 amide bonds. The molecule has 134 valence electrons. The Morgan fingerprint density at radius 2 is 1.46 bits per heavy atom. The molecule has 0 heterocycles. The van der Waals surface area contributed by atoms with Gasteiger partial charge >= 0.3 is 0 Å². The summed E-state index contributed by atoms with van der Waals surface area (Å²) in [4.78, 5) is 0.252. The van der Waals surface area contributed by atoms with Crippen LogP contribution in [0.15, 0.2) is 77.7 Å². The SMILES string of the molecule is Cc1ccccc1S(=O)(=O)Nc1ccc(NCc2ccccc2F)cc1. The molecule has 26 heavy (non-hydrogen) atoms. The molecule has 0 aliphatic rings. The molecule has 3 aromatic carbocycles. The van der Waals surface area contributed by atoms with Gasteiger partial charge < -0.3 is 5.32 Å². The molecule has 3 aromatic rings. The molecule has 0 fully saturated rings. The van der Waals surface area contributed by atoms with Crippen molar-refractivity contribution in [2.24, 2.45) is 0 Å². The van der Waals surface area contributed by atoms with Crippen LogP contribution in [0.25, 0.3) is 0 Å². The molecule has 0 aromatic heterocycles. The average molecular weight is 370 g/mol. The molecule has 2 N–H and O–H groups in total. The molecule has 0 bridgehead atoms. The standard InChI is InChI=1S/C20H19FN2O2S/c1-15-6-2-5-9-20(15)26(24,25)23-18-12-10-17(11-13-18)22-14-16-7-3-4-8-19(16)21/h2-13,22-23H,14H2,1H3. The van der Waals surface area contributed by atoms with Crippen molar-refractivity contribution in [1.82, 2.24) is 0 Å². The lowest BCUT2D eigenvalue weighted by Gasteiger charge is -2.11. The summed E-state index contributed by atoms with van der Waals surface area (Å²) in [6, 6.07) is 20.2. The van der Waals surface area contributed by atoms with Crippen molar-refractivity contribution >= 4 is 21.4 Å². The maximum absolute atomic E-state index is 13.6. The van der Waals surface area contributed by atoms with Gasteiger partial charge in [-0.1, -0.05) is 36.4 Å². The van der Waals surface area contributed by atoms with Gasteiger partial charge in [-0.15, -0.1) is 0 Å². The molecule has 0 spiro atoms. The lowest BCUT2D eigenvalue weighted by molar-refractivity contribution is 0.600. The third-order valence-corrected chi connectivity index (χ3v) is 5.50. The third-order valence-electron chi connectivity index (χ3n) is 3.96. The van der Waals surface area contributed by atoms with Gasteiger partial charge in [0.15, 0.2) is 0 Å². The fraction of sp³-hybridized carbons (Fsp3) is 0.100. The van der Waals surface area contributed by atoms with Crippen LogP contribution in [-0.2, 0) is 16.6 Å². The van der Waals surface area contributed by atoms with Gasteiger partial charge in [0.25, 0.3) is 10.0 Å². The Morgan fingerprint density at radius 3 is 2.15 bits per heavy atom. The quantitative estimate of drug-likeness (QED) is 0.669. The number of halogens is 1. The van der Waals surface area contributed by atoms with Crippen molar-refractivity contribution in [2.45, 2.75) is 18.4 Å². The lowest BCUT2D eigenvalue weighted by atomic mass is 10.2. The summed E-state index contributed by atoms with van der Waals surface area (Å²) >= 11 is 0. The van der Waals surface area contributed by atoms with Gasteiger partial charge in [-0.2, -0.15) is 0 Å². The molecule has 6 heteroatoms. The second kappa shape index (κ2) is 7.58. The number of nitrogens with one attached hydrogen (secondary N) is 2. The highest BCUT2D eigenvalue weighted by atomic mass is 32.2. The molecule has 4 nitrogen and oxygen atoms in total. The molecule has 0 aliphatic carbocycles. The summed E-state index contributed by atoms with van der Waals surface area (Å²) in [7, 11) is -3.64. The smallest absolute Gasteiger partial charge is 0.262 e. The summed E-state index contributed by atoms with van der Waals surface area (Å²) in [5.74, 6) is -0.261. The highest BCUT2D eigenvalue weighted by Gasteiger charge is 2.16. The third kappa shape index (κ3) is 4.21. The topological polar surface area (TPSA) is 58.2 Å². The van der Waals surface area contributed by atoms with E-state index in [1.165, 1.54) is 6.07 Å². The van der Waals surface area contributed by atoms with E-state index in [0.29, 0.717) is 23.4 Å². The minimum Gasteiger partial charge on any atom is -0.381 e. The van der Waals surface area contributed by atoms with Gasteiger partial charge in [-0.05, 0) is 48.9 Å². The highest BCUT2D eigenvalue weighted by molar-refractivity contribution is 7.92. The van der Waals surface area contributed by atoms with E-state index in [4.69, 9.17) is 0 Å². The molecule has 0 unspecified atom stereocenters. The van der Waals surface area contributed by atoms with Crippen LogP contribution in [0.5, 0.6) is 0 Å². The van der Waals surface area contributed by atoms with Crippen LogP contribution in [0.3, 0.4) is 0 Å². The van der Waals surface area contributed by atoms with E-state index in [-0.39, 0.29) is 10.7 Å². The van der Waals surface area contributed by atoms with Gasteiger partial charge in [0.1, 0.15) is 5.82 Å². The molecule has 3 rings (SSSR count). The lowest BCUT2D eigenvalue weighted by Crippen LogP contribution is -2.14. The molecular formula is C20H19FN2O2S. The fourth-order valence-electron chi connectivity index (χ4n) is 2.56. The average Bonchev–Trinajstić information content (AvgIpc) is 2.62. The van der Waals surface area contributed by atoms with Gasteiger partial charge in [-0.25, -0.2) is 12.8 Å². The molecule has 0 aliphatic heterocycles. The number of anilines is 2. The number of aryl methyl sites for hydroxylation is 1. The number of rotatable bonds is 6. The predicted molar refractivity (Wildman–Crippen MR) is 102 cm³/mol. The van der Waals surface area contributed by atoms with E-state index in [9.17, 15) is 12.8 Å². The normalized spacial score (nSPS) is 11.2. The summed E-state index contributed by atoms with van der Waals surface area (Å²) < 4.78 is 41.2. The Balaban J connectivity index is 1.68. The van der Waals surface area contributed by atoms with Crippen LogP contribution in [0.4, 0.5) is 15.8 Å². The maximum atomic E-state index is 13.6. The Hall–Kier alpha value is -2.86. The zero-order valence-corrected chi connectivity index (χ0v) is 15.1. The van der Waals surface area contributed by atoms with Crippen molar-refractivity contribution in [3.05, 3.63) is 89.7 Å². The molecular weight excluding hydrogens is 351 g/mol. The highest BCUT2D eigenvalue weighted by Crippen LogP contribution is 2.21. The zero-order chi connectivity index (χ0) is 18.6. The number of hydrogen-bond acceptors (Lipinski definition) is 3. The van der Waals surface area contributed by atoms with Crippen LogP contribution in [-0.4, -0.2) is 8.42 Å². The van der Waals surface area contributed by atoms with E-state index < -0.39 is 10.0 Å². The first-order valence-electron chi connectivity index (χ1n) is 8.11. The van der Waals surface area contributed by atoms with E-state index in [1.54, 1.807) is 73.7 Å². The Kier molecular flexibility index (Phi) is 5.23. The van der Waals surface area contributed by atoms with E-state index >= 15 is 0 Å². The van der Waals surface area contributed by atoms with Gasteiger partial charge in [0, 0.05) is 23.5 Å². The molecule has 0 saturated carbocycles. The second-order valence-electron chi connectivity index (χ2n) is 5.89. The molecule has 0 radical (unpaired) electrons. The van der Waals surface area contributed by atoms with Crippen LogP contribution < -0.4 is 10.0 Å². The number of benzene rings is 3. The van der Waals surface area contributed by atoms with Crippen LogP contribution >= 0.6 is 0 Å². The summed E-state index contributed by atoms with van der Waals surface area (Å²) in [6.07, 6.45) is 0. The minimum absolute atomic E-state index is 0.252. The maximum Gasteiger partial charge on any atom is 0.262 e. The van der Waals surface area contributed by atoms with Crippen molar-refractivity contribution in [2.75, 3.05) is 10.0 Å². The summed E-state index contributed by atoms with van der Waals surface area (Å²) in [5.41, 5.74) is 2.48. The number of hydrogen-bond donors (Lipinski definition) is 2. The Morgan fingerprint density at radius 1 is 0.846 bits per heavy atom. The first-order valence-corrected chi connectivity index (χ1v) is 9.60. The Bertz CT molecular complexity index is 1000. The minimum atomic E-state index is -3.64. The Labute approximate surface area is 152 Å². The van der Waals surface area contributed by atoms with Gasteiger partial charge in [0.2, 0.25) is 0 Å². The largest absolute Gasteiger partial charge is 0.381 e. The first kappa shape index (κ1) is 17.9. The van der Waals surface area contributed by atoms with Crippen molar-refractivity contribution in [3.8, 4) is 0 Å². The van der Waals surface area contributed by atoms with Crippen LogP contribution in [0.2, 0.25) is 0 Å². The van der Waals surface area contributed by atoms with Crippen molar-refractivity contribution in [1.29, 1.82) is 0 Å². The monoisotopic (exact) mass is 370 g/mol. The summed E-state index contributed by atoms with van der Waals surface area (Å²) in [6.45, 7) is 2.10. The fourth-order valence-corrected chi connectivity index (χ4v) is 3.87. The van der Waals surface area contributed by atoms with Crippen molar-refractivity contribution in [3.63, 3.8) is 0 Å². The number of sulfonamides is 1. The van der Waals surface area contributed by atoms with E-state index in [1.807, 2.05) is 0 Å². The van der Waals surface area contributed by atoms with E-state index in [0.717, 1.165) is 5.69 Å². The predicted octanol–water partition coefficient (Wildman–Crippen LogP) is 4.55. The van der Waals surface area contributed by atoms with Gasteiger partial charge in [-0.3, -0.25) is 4.72 Å². The van der Waals surface area contributed by atoms with Gasteiger partial charge in [0.05, 0.1) is 4.90 Å². The second-order valence-corrected chi connectivity index (χ2v) is 7.54. The van der Waals surface area contributed by atoms with E-state index in [2.05, 4.69) is 10.0 Å². The zero-order valence-electron chi connectivity index (χ0n) is 14.2. The molecule has 0 atom stereocenters. The van der Waals surface area contributed by atoms with Crippen LogP contribution in [0.1, 0.15) is 11.1 Å². The first-order chi connectivity index (χ1) is 12.5. The summed E-state index contributed by atoms with van der Waals surface area (Å²) in [5, 5.41) is 3.12.